The first-order valence-corrected chi connectivity index (χ1v) is 7.28. The SMILES string of the molecule is Cc1cc(Cl)ccc1NC(=O)CNC(C)c1ccccc1. The number of nitrogens with one attached hydrogen (secondary N) is 2. The van der Waals surface area contributed by atoms with Crippen molar-refractivity contribution in [3.63, 3.8) is 0 Å². The van der Waals surface area contributed by atoms with E-state index in [0.717, 1.165) is 16.8 Å². The Kier molecular flexibility index (Phi) is 5.37. The number of halogens is 1. The third-order valence-electron chi connectivity index (χ3n) is 3.33. The van der Waals surface area contributed by atoms with Gasteiger partial charge in [0.2, 0.25) is 5.91 Å². The number of carbonyl (C=O) groups is 1. The van der Waals surface area contributed by atoms with Gasteiger partial charge < -0.3 is 10.6 Å². The van der Waals surface area contributed by atoms with Gasteiger partial charge in [0.15, 0.2) is 0 Å². The second-order valence-electron chi connectivity index (χ2n) is 5.02. The fourth-order valence-corrected chi connectivity index (χ4v) is 2.29. The van der Waals surface area contributed by atoms with Gasteiger partial charge in [-0.25, -0.2) is 0 Å². The van der Waals surface area contributed by atoms with Crippen molar-refractivity contribution in [2.24, 2.45) is 0 Å². The van der Waals surface area contributed by atoms with Gasteiger partial charge in [-0.15, -0.1) is 0 Å². The first-order chi connectivity index (χ1) is 10.1. The number of amides is 1. The first-order valence-electron chi connectivity index (χ1n) is 6.90. The van der Waals surface area contributed by atoms with Crippen LogP contribution in [-0.2, 0) is 4.79 Å². The molecule has 0 heterocycles. The molecular formula is C17H19ClN2O. The molecule has 2 aromatic rings. The van der Waals surface area contributed by atoms with E-state index in [0.29, 0.717) is 5.02 Å². The minimum atomic E-state index is -0.0665. The van der Waals surface area contributed by atoms with Crippen LogP contribution in [0.3, 0.4) is 0 Å². The van der Waals surface area contributed by atoms with Gasteiger partial charge in [-0.2, -0.15) is 0 Å². The van der Waals surface area contributed by atoms with E-state index in [9.17, 15) is 4.79 Å². The summed E-state index contributed by atoms with van der Waals surface area (Å²) in [6.45, 7) is 4.22. The fraction of sp³-hybridized carbons (Fsp3) is 0.235. The van der Waals surface area contributed by atoms with Gasteiger partial charge in [-0.3, -0.25) is 4.79 Å². The number of carbonyl (C=O) groups excluding carboxylic acids is 1. The van der Waals surface area contributed by atoms with E-state index in [1.54, 1.807) is 6.07 Å². The number of aryl methyl sites for hydroxylation is 1. The van der Waals surface area contributed by atoms with Crippen LogP contribution < -0.4 is 10.6 Å². The minimum Gasteiger partial charge on any atom is -0.325 e. The second-order valence-corrected chi connectivity index (χ2v) is 5.46. The molecule has 2 N–H and O–H groups in total. The van der Waals surface area contributed by atoms with Gasteiger partial charge in [-0.1, -0.05) is 41.9 Å². The first kappa shape index (κ1) is 15.5. The highest BCUT2D eigenvalue weighted by Crippen LogP contribution is 2.19. The lowest BCUT2D eigenvalue weighted by Crippen LogP contribution is -2.30. The maximum Gasteiger partial charge on any atom is 0.238 e. The van der Waals surface area contributed by atoms with Crippen LogP contribution in [0.4, 0.5) is 5.69 Å². The Morgan fingerprint density at radius 2 is 1.90 bits per heavy atom. The molecule has 0 fully saturated rings. The van der Waals surface area contributed by atoms with Crippen molar-refractivity contribution in [1.82, 2.24) is 5.32 Å². The smallest absolute Gasteiger partial charge is 0.238 e. The standard InChI is InChI=1S/C17H19ClN2O/c1-12-10-15(18)8-9-16(12)20-17(21)11-19-13(2)14-6-4-3-5-7-14/h3-10,13,19H,11H2,1-2H3,(H,20,21). The molecule has 0 aromatic heterocycles. The Morgan fingerprint density at radius 1 is 1.19 bits per heavy atom. The molecule has 4 heteroatoms. The fourth-order valence-electron chi connectivity index (χ4n) is 2.07. The number of anilines is 1. The Bertz CT molecular complexity index is 613. The zero-order valence-corrected chi connectivity index (χ0v) is 12.9. The van der Waals surface area contributed by atoms with Crippen LogP contribution in [0, 0.1) is 6.92 Å². The molecule has 1 amide bonds. The van der Waals surface area contributed by atoms with Crippen molar-refractivity contribution < 1.29 is 4.79 Å². The molecule has 0 saturated carbocycles. The number of rotatable bonds is 5. The number of hydrogen-bond acceptors (Lipinski definition) is 2. The van der Waals surface area contributed by atoms with Gasteiger partial charge in [-0.05, 0) is 43.2 Å². The van der Waals surface area contributed by atoms with Crippen molar-refractivity contribution in [2.45, 2.75) is 19.9 Å². The molecule has 0 aliphatic rings. The molecule has 21 heavy (non-hydrogen) atoms. The Hall–Kier alpha value is -1.84. The topological polar surface area (TPSA) is 41.1 Å². The molecular weight excluding hydrogens is 284 g/mol. The van der Waals surface area contributed by atoms with Crippen LogP contribution in [0.1, 0.15) is 24.1 Å². The maximum atomic E-state index is 12.0. The van der Waals surface area contributed by atoms with Gasteiger partial charge in [0.05, 0.1) is 6.54 Å². The van der Waals surface area contributed by atoms with Crippen LogP contribution in [0.2, 0.25) is 5.02 Å². The van der Waals surface area contributed by atoms with Crippen LogP contribution >= 0.6 is 11.6 Å². The van der Waals surface area contributed by atoms with E-state index in [1.165, 1.54) is 0 Å². The van der Waals surface area contributed by atoms with Crippen LogP contribution in [0.15, 0.2) is 48.5 Å². The molecule has 110 valence electrons. The maximum absolute atomic E-state index is 12.0. The zero-order valence-electron chi connectivity index (χ0n) is 12.2. The highest BCUT2D eigenvalue weighted by Gasteiger charge is 2.08. The summed E-state index contributed by atoms with van der Waals surface area (Å²) in [4.78, 5) is 12.0. The highest BCUT2D eigenvalue weighted by molar-refractivity contribution is 6.30. The van der Waals surface area contributed by atoms with E-state index in [4.69, 9.17) is 11.6 Å². The van der Waals surface area contributed by atoms with Gasteiger partial charge in [0.25, 0.3) is 0 Å². The Labute approximate surface area is 130 Å². The molecule has 0 aliphatic heterocycles. The summed E-state index contributed by atoms with van der Waals surface area (Å²) in [6.07, 6.45) is 0. The van der Waals surface area contributed by atoms with Gasteiger partial charge in [0, 0.05) is 16.8 Å². The predicted molar refractivity (Wildman–Crippen MR) is 87.7 cm³/mol. The molecule has 0 spiro atoms. The quantitative estimate of drug-likeness (QED) is 0.878. The molecule has 0 aliphatic carbocycles. The predicted octanol–water partition coefficient (Wildman–Crippen LogP) is 3.94. The number of hydrogen-bond donors (Lipinski definition) is 2. The van der Waals surface area contributed by atoms with Crippen LogP contribution in [0.25, 0.3) is 0 Å². The summed E-state index contributed by atoms with van der Waals surface area (Å²) in [5.74, 6) is -0.0665. The summed E-state index contributed by atoms with van der Waals surface area (Å²) < 4.78 is 0. The van der Waals surface area contributed by atoms with Crippen molar-refractivity contribution in [2.75, 3.05) is 11.9 Å². The third kappa shape index (κ3) is 4.59. The summed E-state index contributed by atoms with van der Waals surface area (Å²) in [5, 5.41) is 6.76. The summed E-state index contributed by atoms with van der Waals surface area (Å²) >= 11 is 5.90. The minimum absolute atomic E-state index is 0.0665. The average Bonchev–Trinajstić information content (AvgIpc) is 2.48. The summed E-state index contributed by atoms with van der Waals surface area (Å²) in [6, 6.07) is 15.6. The molecule has 0 radical (unpaired) electrons. The van der Waals surface area contributed by atoms with Crippen LogP contribution in [0.5, 0.6) is 0 Å². The van der Waals surface area contributed by atoms with E-state index < -0.39 is 0 Å². The van der Waals surface area contributed by atoms with Gasteiger partial charge in [0.1, 0.15) is 0 Å². The lowest BCUT2D eigenvalue weighted by Gasteiger charge is -2.14. The largest absolute Gasteiger partial charge is 0.325 e. The van der Waals surface area contributed by atoms with E-state index in [2.05, 4.69) is 10.6 Å². The van der Waals surface area contributed by atoms with Crippen molar-refractivity contribution in [1.29, 1.82) is 0 Å². The molecule has 0 bridgehead atoms. The summed E-state index contributed by atoms with van der Waals surface area (Å²) in [5.41, 5.74) is 2.90. The monoisotopic (exact) mass is 302 g/mol. The molecule has 2 aromatic carbocycles. The normalized spacial score (nSPS) is 12.0. The molecule has 1 unspecified atom stereocenters. The van der Waals surface area contributed by atoms with Crippen LogP contribution in [-0.4, -0.2) is 12.5 Å². The van der Waals surface area contributed by atoms with E-state index in [-0.39, 0.29) is 18.5 Å². The number of benzene rings is 2. The molecule has 2 rings (SSSR count). The Morgan fingerprint density at radius 3 is 2.57 bits per heavy atom. The van der Waals surface area contributed by atoms with E-state index >= 15 is 0 Å². The molecule has 3 nitrogen and oxygen atoms in total. The zero-order chi connectivity index (χ0) is 15.2. The lowest BCUT2D eigenvalue weighted by molar-refractivity contribution is -0.115. The van der Waals surface area contributed by atoms with E-state index in [1.807, 2.05) is 56.3 Å². The highest BCUT2D eigenvalue weighted by atomic mass is 35.5. The second kappa shape index (κ2) is 7.25. The Balaban J connectivity index is 1.87. The molecule has 1 atom stereocenters. The lowest BCUT2D eigenvalue weighted by atomic mass is 10.1. The van der Waals surface area contributed by atoms with Crippen molar-refractivity contribution >= 4 is 23.2 Å². The van der Waals surface area contributed by atoms with Crippen molar-refractivity contribution in [3.8, 4) is 0 Å². The van der Waals surface area contributed by atoms with Crippen molar-refractivity contribution in [3.05, 3.63) is 64.7 Å². The third-order valence-corrected chi connectivity index (χ3v) is 3.57. The molecule has 0 saturated heterocycles. The summed E-state index contributed by atoms with van der Waals surface area (Å²) in [7, 11) is 0. The van der Waals surface area contributed by atoms with Gasteiger partial charge >= 0.3 is 0 Å². The average molecular weight is 303 g/mol.